The normalized spacial score (nSPS) is 12.0. The second-order valence-corrected chi connectivity index (χ2v) is 7.69. The van der Waals surface area contributed by atoms with Gasteiger partial charge < -0.3 is 10.5 Å². The van der Waals surface area contributed by atoms with Crippen LogP contribution < -0.4 is 15.6 Å². The molecule has 152 valence electrons. The van der Waals surface area contributed by atoms with Gasteiger partial charge in [0.15, 0.2) is 5.69 Å². The number of nitrogens with zero attached hydrogens (tertiary/aromatic N) is 1. The van der Waals surface area contributed by atoms with Gasteiger partial charge in [0, 0.05) is 17.3 Å². The van der Waals surface area contributed by atoms with E-state index in [-0.39, 0.29) is 27.5 Å². The molecule has 0 amide bonds. The van der Waals surface area contributed by atoms with E-state index < -0.39 is 21.9 Å². The summed E-state index contributed by atoms with van der Waals surface area (Å²) in [6.07, 6.45) is -4.76. The zero-order valence-electron chi connectivity index (χ0n) is 15.1. The number of benzene rings is 2. The van der Waals surface area contributed by atoms with Crippen LogP contribution in [0, 0.1) is 0 Å². The van der Waals surface area contributed by atoms with Crippen LogP contribution in [-0.4, -0.2) is 20.5 Å². The topological polar surface area (TPSA) is 108 Å². The number of pyridine rings is 1. The van der Waals surface area contributed by atoms with Crippen molar-refractivity contribution < 1.29 is 26.3 Å². The lowest BCUT2D eigenvalue weighted by atomic mass is 9.93. The molecule has 10 heteroatoms. The number of sulfonamides is 1. The van der Waals surface area contributed by atoms with Gasteiger partial charge in [-0.1, -0.05) is 24.3 Å². The third kappa shape index (κ3) is 4.33. The molecule has 1 heterocycles. The molecule has 0 aliphatic rings. The molecule has 0 bridgehead atoms. The Bertz CT molecular complexity index is 1140. The predicted molar refractivity (Wildman–Crippen MR) is 102 cm³/mol. The van der Waals surface area contributed by atoms with Crippen LogP contribution in [0.15, 0.2) is 59.5 Å². The van der Waals surface area contributed by atoms with Crippen LogP contribution in [0.25, 0.3) is 22.3 Å². The molecule has 0 aliphatic carbocycles. The van der Waals surface area contributed by atoms with E-state index in [1.807, 2.05) is 0 Å². The fraction of sp³-hybridized carbons (Fsp3) is 0.105. The highest BCUT2D eigenvalue weighted by molar-refractivity contribution is 7.89. The van der Waals surface area contributed by atoms with E-state index in [9.17, 15) is 21.6 Å². The first-order chi connectivity index (χ1) is 13.5. The molecule has 0 fully saturated rings. The molecule has 0 radical (unpaired) electrons. The van der Waals surface area contributed by atoms with E-state index in [2.05, 4.69) is 4.98 Å². The van der Waals surface area contributed by atoms with E-state index in [4.69, 9.17) is 15.6 Å². The Morgan fingerprint density at radius 1 is 0.966 bits per heavy atom. The summed E-state index contributed by atoms with van der Waals surface area (Å²) in [4.78, 5) is 3.45. The van der Waals surface area contributed by atoms with Crippen LogP contribution in [0.4, 0.5) is 18.9 Å². The first kappa shape index (κ1) is 20.6. The molecule has 3 aromatic rings. The maximum Gasteiger partial charge on any atom is 0.434 e. The number of nitrogens with two attached hydrogens (primary N) is 2. The van der Waals surface area contributed by atoms with Crippen LogP contribution in [0.2, 0.25) is 0 Å². The summed E-state index contributed by atoms with van der Waals surface area (Å²) < 4.78 is 69.3. The van der Waals surface area contributed by atoms with Crippen molar-refractivity contribution in [1.82, 2.24) is 4.98 Å². The summed E-state index contributed by atoms with van der Waals surface area (Å²) in [5.74, 6) is -0.234. The smallest absolute Gasteiger partial charge is 0.434 e. The molecular weight excluding hydrogens is 407 g/mol. The number of methoxy groups -OCH3 is 1. The van der Waals surface area contributed by atoms with Crippen molar-refractivity contribution in [2.24, 2.45) is 5.14 Å². The van der Waals surface area contributed by atoms with Gasteiger partial charge in [0.2, 0.25) is 15.9 Å². The van der Waals surface area contributed by atoms with Gasteiger partial charge in [-0.3, -0.25) is 0 Å². The summed E-state index contributed by atoms with van der Waals surface area (Å²) in [5, 5.41) is 5.09. The van der Waals surface area contributed by atoms with Crippen molar-refractivity contribution in [3.8, 4) is 28.1 Å². The van der Waals surface area contributed by atoms with E-state index in [1.54, 1.807) is 0 Å². The molecular formula is C19H16F3N3O3S. The number of halogens is 3. The first-order valence-corrected chi connectivity index (χ1v) is 9.70. The molecule has 0 saturated heterocycles. The molecule has 1 aromatic heterocycles. The van der Waals surface area contributed by atoms with E-state index >= 15 is 0 Å². The molecule has 3 rings (SSSR count). The van der Waals surface area contributed by atoms with Crippen LogP contribution in [0.5, 0.6) is 5.88 Å². The summed E-state index contributed by atoms with van der Waals surface area (Å²) in [6.45, 7) is 0. The summed E-state index contributed by atoms with van der Waals surface area (Å²) >= 11 is 0. The van der Waals surface area contributed by atoms with Crippen LogP contribution in [0.3, 0.4) is 0 Å². The van der Waals surface area contributed by atoms with Crippen molar-refractivity contribution in [1.29, 1.82) is 0 Å². The fourth-order valence-electron chi connectivity index (χ4n) is 2.83. The predicted octanol–water partition coefficient (Wildman–Crippen LogP) is 3.67. The Labute approximate surface area is 165 Å². The summed E-state index contributed by atoms with van der Waals surface area (Å²) in [7, 11) is -2.74. The molecule has 0 aliphatic heterocycles. The van der Waals surface area contributed by atoms with Gasteiger partial charge in [-0.15, -0.1) is 0 Å². The highest BCUT2D eigenvalue weighted by Gasteiger charge is 2.38. The van der Waals surface area contributed by atoms with Crippen molar-refractivity contribution >= 4 is 15.7 Å². The van der Waals surface area contributed by atoms with Gasteiger partial charge >= 0.3 is 6.18 Å². The third-order valence-electron chi connectivity index (χ3n) is 4.17. The monoisotopic (exact) mass is 423 g/mol. The number of anilines is 1. The second kappa shape index (κ2) is 7.37. The molecule has 6 nitrogen and oxygen atoms in total. The molecule has 2 aromatic carbocycles. The van der Waals surface area contributed by atoms with Gasteiger partial charge in [0.25, 0.3) is 0 Å². The number of hydrogen-bond acceptors (Lipinski definition) is 5. The largest absolute Gasteiger partial charge is 0.481 e. The molecule has 0 unspecified atom stereocenters. The zero-order valence-corrected chi connectivity index (χ0v) is 15.9. The number of hydrogen-bond donors (Lipinski definition) is 2. The molecule has 0 atom stereocenters. The highest BCUT2D eigenvalue weighted by Crippen LogP contribution is 2.43. The quantitative estimate of drug-likeness (QED) is 0.623. The number of aromatic nitrogens is 1. The highest BCUT2D eigenvalue weighted by atomic mass is 32.2. The van der Waals surface area contributed by atoms with Gasteiger partial charge in [-0.25, -0.2) is 18.5 Å². The van der Waals surface area contributed by atoms with Gasteiger partial charge in [-0.2, -0.15) is 13.2 Å². The number of nitrogen functional groups attached to an aromatic ring is 1. The Balaban J connectivity index is 2.33. The van der Waals surface area contributed by atoms with Gasteiger partial charge in [0.1, 0.15) is 0 Å². The molecule has 4 N–H and O–H groups in total. The summed E-state index contributed by atoms with van der Waals surface area (Å²) in [5.41, 5.74) is 5.47. The number of primary sulfonamides is 1. The van der Waals surface area contributed by atoms with Crippen LogP contribution in [0.1, 0.15) is 5.69 Å². The Hall–Kier alpha value is -3.11. The lowest BCUT2D eigenvalue weighted by molar-refractivity contribution is -0.140. The Morgan fingerprint density at radius 3 is 2.00 bits per heavy atom. The lowest BCUT2D eigenvalue weighted by Crippen LogP contribution is -2.13. The molecule has 0 spiro atoms. The number of alkyl halides is 3. The van der Waals surface area contributed by atoms with E-state index in [1.165, 1.54) is 61.7 Å². The molecule has 0 saturated carbocycles. The minimum absolute atomic E-state index is 0.160. The average molecular weight is 423 g/mol. The third-order valence-corrected chi connectivity index (χ3v) is 5.10. The minimum atomic E-state index is -4.76. The number of ether oxygens (including phenoxy) is 1. The standard InChI is InChI=1S/C19H16F3N3O3S/c1-28-16-10-15(11-4-8-14(9-5-11)29(24,26)27)17(18(25-16)19(20,21)22)12-2-6-13(23)7-3-12/h2-10H,23H2,1H3,(H2,24,26,27). The van der Waals surface area contributed by atoms with Crippen molar-refractivity contribution in [2.45, 2.75) is 11.1 Å². The SMILES string of the molecule is COc1cc(-c2ccc(S(N)(=O)=O)cc2)c(-c2ccc(N)cc2)c(C(F)(F)F)n1. The lowest BCUT2D eigenvalue weighted by Gasteiger charge is -2.18. The van der Waals surface area contributed by atoms with Gasteiger partial charge in [0.05, 0.1) is 12.0 Å². The van der Waals surface area contributed by atoms with E-state index in [0.717, 1.165) is 0 Å². The van der Waals surface area contributed by atoms with Crippen molar-refractivity contribution in [3.63, 3.8) is 0 Å². The minimum Gasteiger partial charge on any atom is -0.481 e. The maximum absolute atomic E-state index is 13.8. The van der Waals surface area contributed by atoms with Crippen LogP contribution in [-0.2, 0) is 16.2 Å². The Kier molecular flexibility index (Phi) is 5.24. The average Bonchev–Trinajstić information content (AvgIpc) is 2.66. The van der Waals surface area contributed by atoms with E-state index in [0.29, 0.717) is 11.3 Å². The van der Waals surface area contributed by atoms with Crippen molar-refractivity contribution in [3.05, 3.63) is 60.3 Å². The zero-order chi connectivity index (χ0) is 21.4. The number of rotatable bonds is 4. The van der Waals surface area contributed by atoms with Crippen LogP contribution >= 0.6 is 0 Å². The first-order valence-electron chi connectivity index (χ1n) is 8.16. The van der Waals surface area contributed by atoms with Gasteiger partial charge in [-0.05, 0) is 41.0 Å². The maximum atomic E-state index is 13.8. The fourth-order valence-corrected chi connectivity index (χ4v) is 3.34. The molecule has 29 heavy (non-hydrogen) atoms. The Morgan fingerprint density at radius 2 is 1.52 bits per heavy atom. The second-order valence-electron chi connectivity index (χ2n) is 6.12. The summed E-state index contributed by atoms with van der Waals surface area (Å²) in [6, 6.07) is 12.4. The van der Waals surface area contributed by atoms with Crippen molar-refractivity contribution in [2.75, 3.05) is 12.8 Å².